The molecular weight excluding hydrogens is 320 g/mol. The lowest BCUT2D eigenvalue weighted by Gasteiger charge is -2.26. The quantitative estimate of drug-likeness (QED) is 0.691. The standard InChI is InChI=1S/C23H28N2O/c1-5-26-17-10-11-20-19(14-17)18-12-13-24-21(22(18)25-20)15-6-8-16(9-7-15)23(2,3)4/h6-11,14,21,24-25H,5,12-13H2,1-4H3. The fraction of sp³-hybridized carbons (Fsp3) is 0.391. The third kappa shape index (κ3) is 3.01. The van der Waals surface area contributed by atoms with Gasteiger partial charge in [0.1, 0.15) is 5.75 Å². The predicted molar refractivity (Wildman–Crippen MR) is 108 cm³/mol. The molecule has 136 valence electrons. The Bertz CT molecular complexity index is 916. The van der Waals surface area contributed by atoms with Crippen LogP contribution in [0, 0.1) is 0 Å². The summed E-state index contributed by atoms with van der Waals surface area (Å²) in [6.07, 6.45) is 1.04. The second-order valence-electron chi connectivity index (χ2n) is 8.17. The zero-order chi connectivity index (χ0) is 18.3. The lowest BCUT2D eigenvalue weighted by Crippen LogP contribution is -2.30. The first-order valence-corrected chi connectivity index (χ1v) is 9.58. The maximum atomic E-state index is 5.70. The highest BCUT2D eigenvalue weighted by molar-refractivity contribution is 5.86. The Morgan fingerprint density at radius 2 is 1.85 bits per heavy atom. The van der Waals surface area contributed by atoms with E-state index in [2.05, 4.69) is 67.5 Å². The smallest absolute Gasteiger partial charge is 0.120 e. The molecule has 0 amide bonds. The van der Waals surface area contributed by atoms with Gasteiger partial charge in [0.05, 0.1) is 12.6 Å². The molecule has 0 fully saturated rings. The normalized spacial score (nSPS) is 17.3. The Balaban J connectivity index is 1.74. The molecule has 0 radical (unpaired) electrons. The molecule has 2 heterocycles. The maximum Gasteiger partial charge on any atom is 0.120 e. The molecule has 26 heavy (non-hydrogen) atoms. The van der Waals surface area contributed by atoms with Crippen LogP contribution in [0.5, 0.6) is 5.75 Å². The minimum atomic E-state index is 0.181. The molecule has 1 unspecified atom stereocenters. The molecule has 2 N–H and O–H groups in total. The summed E-state index contributed by atoms with van der Waals surface area (Å²) in [5.41, 5.74) is 6.78. The van der Waals surface area contributed by atoms with E-state index in [4.69, 9.17) is 4.74 Å². The van der Waals surface area contributed by atoms with E-state index in [1.54, 1.807) is 0 Å². The van der Waals surface area contributed by atoms with Crippen molar-refractivity contribution in [1.82, 2.24) is 10.3 Å². The van der Waals surface area contributed by atoms with Crippen LogP contribution in [-0.2, 0) is 11.8 Å². The molecule has 4 rings (SSSR count). The van der Waals surface area contributed by atoms with Gasteiger partial charge in [-0.05, 0) is 53.6 Å². The highest BCUT2D eigenvalue weighted by atomic mass is 16.5. The van der Waals surface area contributed by atoms with Crippen LogP contribution in [0.4, 0.5) is 0 Å². The van der Waals surface area contributed by atoms with Crippen molar-refractivity contribution >= 4 is 10.9 Å². The van der Waals surface area contributed by atoms with Gasteiger partial charge < -0.3 is 15.0 Å². The predicted octanol–water partition coefficient (Wildman–Crippen LogP) is 5.10. The molecule has 0 bridgehead atoms. The van der Waals surface area contributed by atoms with Crippen LogP contribution in [0.25, 0.3) is 10.9 Å². The van der Waals surface area contributed by atoms with Crippen LogP contribution in [-0.4, -0.2) is 18.1 Å². The van der Waals surface area contributed by atoms with Crippen molar-refractivity contribution in [3.63, 3.8) is 0 Å². The van der Waals surface area contributed by atoms with Crippen LogP contribution in [0.15, 0.2) is 42.5 Å². The topological polar surface area (TPSA) is 37.0 Å². The van der Waals surface area contributed by atoms with Gasteiger partial charge in [-0.1, -0.05) is 45.0 Å². The van der Waals surface area contributed by atoms with Crippen LogP contribution < -0.4 is 10.1 Å². The monoisotopic (exact) mass is 348 g/mol. The van der Waals surface area contributed by atoms with Gasteiger partial charge in [0.25, 0.3) is 0 Å². The van der Waals surface area contributed by atoms with Crippen molar-refractivity contribution in [3.05, 3.63) is 64.8 Å². The summed E-state index contributed by atoms with van der Waals surface area (Å²) in [6.45, 7) is 10.5. The molecule has 1 atom stereocenters. The summed E-state index contributed by atoms with van der Waals surface area (Å²) in [5.74, 6) is 0.950. The third-order valence-corrected chi connectivity index (χ3v) is 5.34. The average Bonchev–Trinajstić information content (AvgIpc) is 2.99. The number of aromatic amines is 1. The van der Waals surface area contributed by atoms with Gasteiger partial charge in [0.2, 0.25) is 0 Å². The van der Waals surface area contributed by atoms with Crippen LogP contribution in [0.3, 0.4) is 0 Å². The number of aromatic nitrogens is 1. The van der Waals surface area contributed by atoms with E-state index in [1.807, 2.05) is 13.0 Å². The molecule has 1 aromatic heterocycles. The molecule has 2 aromatic carbocycles. The fourth-order valence-corrected chi connectivity index (χ4v) is 3.92. The van der Waals surface area contributed by atoms with E-state index in [0.717, 1.165) is 18.7 Å². The van der Waals surface area contributed by atoms with Crippen molar-refractivity contribution in [2.75, 3.05) is 13.2 Å². The first kappa shape index (κ1) is 17.2. The number of H-pyrrole nitrogens is 1. The van der Waals surface area contributed by atoms with E-state index >= 15 is 0 Å². The van der Waals surface area contributed by atoms with Gasteiger partial charge in [-0.15, -0.1) is 0 Å². The largest absolute Gasteiger partial charge is 0.494 e. The lowest BCUT2D eigenvalue weighted by molar-refractivity contribution is 0.340. The minimum Gasteiger partial charge on any atom is -0.494 e. The number of hydrogen-bond donors (Lipinski definition) is 2. The Labute approximate surface area is 155 Å². The van der Waals surface area contributed by atoms with Gasteiger partial charge in [-0.3, -0.25) is 0 Å². The number of fused-ring (bicyclic) bond motifs is 3. The van der Waals surface area contributed by atoms with Gasteiger partial charge in [0, 0.05) is 23.1 Å². The van der Waals surface area contributed by atoms with Crippen molar-refractivity contribution in [2.24, 2.45) is 0 Å². The SMILES string of the molecule is CCOc1ccc2[nH]c3c(c2c1)CCNC3c1ccc(C(C)(C)C)cc1. The molecule has 3 aromatic rings. The highest BCUT2D eigenvalue weighted by Crippen LogP contribution is 2.35. The molecule has 0 spiro atoms. The zero-order valence-electron chi connectivity index (χ0n) is 16.1. The minimum absolute atomic E-state index is 0.181. The van der Waals surface area contributed by atoms with Gasteiger partial charge >= 0.3 is 0 Å². The second kappa shape index (κ2) is 6.48. The summed E-state index contributed by atoms with van der Waals surface area (Å²) < 4.78 is 5.70. The number of ether oxygens (including phenoxy) is 1. The Hall–Kier alpha value is -2.26. The Morgan fingerprint density at radius 3 is 2.54 bits per heavy atom. The summed E-state index contributed by atoms with van der Waals surface area (Å²) in [7, 11) is 0. The van der Waals surface area contributed by atoms with Crippen molar-refractivity contribution in [3.8, 4) is 5.75 Å². The first-order valence-electron chi connectivity index (χ1n) is 9.58. The summed E-state index contributed by atoms with van der Waals surface area (Å²) in [4.78, 5) is 3.66. The second-order valence-corrected chi connectivity index (χ2v) is 8.17. The average molecular weight is 348 g/mol. The summed E-state index contributed by atoms with van der Waals surface area (Å²) in [6, 6.07) is 15.7. The fourth-order valence-electron chi connectivity index (χ4n) is 3.92. The molecule has 0 saturated heterocycles. The van der Waals surface area contributed by atoms with E-state index in [9.17, 15) is 0 Å². The Morgan fingerprint density at radius 1 is 1.08 bits per heavy atom. The molecular formula is C23H28N2O. The first-order chi connectivity index (χ1) is 12.5. The van der Waals surface area contributed by atoms with Gasteiger partial charge in [-0.25, -0.2) is 0 Å². The molecule has 3 nitrogen and oxygen atoms in total. The third-order valence-electron chi connectivity index (χ3n) is 5.34. The number of nitrogens with one attached hydrogen (secondary N) is 2. The molecule has 0 saturated carbocycles. The number of benzene rings is 2. The lowest BCUT2D eigenvalue weighted by atomic mass is 9.85. The van der Waals surface area contributed by atoms with E-state index in [1.165, 1.54) is 33.3 Å². The molecule has 0 aliphatic carbocycles. The van der Waals surface area contributed by atoms with Crippen molar-refractivity contribution in [1.29, 1.82) is 0 Å². The van der Waals surface area contributed by atoms with Crippen molar-refractivity contribution in [2.45, 2.75) is 45.6 Å². The maximum absolute atomic E-state index is 5.70. The molecule has 1 aliphatic rings. The van der Waals surface area contributed by atoms with Gasteiger partial charge in [0.15, 0.2) is 0 Å². The summed E-state index contributed by atoms with van der Waals surface area (Å²) >= 11 is 0. The van der Waals surface area contributed by atoms with E-state index in [0.29, 0.717) is 6.61 Å². The molecule has 1 aliphatic heterocycles. The Kier molecular flexibility index (Phi) is 4.28. The molecule has 3 heteroatoms. The van der Waals surface area contributed by atoms with E-state index < -0.39 is 0 Å². The summed E-state index contributed by atoms with van der Waals surface area (Å²) in [5, 5.41) is 4.98. The van der Waals surface area contributed by atoms with Crippen molar-refractivity contribution < 1.29 is 4.74 Å². The van der Waals surface area contributed by atoms with E-state index in [-0.39, 0.29) is 11.5 Å². The highest BCUT2D eigenvalue weighted by Gasteiger charge is 2.25. The number of hydrogen-bond acceptors (Lipinski definition) is 2. The van der Waals surface area contributed by atoms with Crippen LogP contribution in [0.2, 0.25) is 0 Å². The van der Waals surface area contributed by atoms with Crippen LogP contribution in [0.1, 0.15) is 56.1 Å². The number of rotatable bonds is 3. The van der Waals surface area contributed by atoms with Gasteiger partial charge in [-0.2, -0.15) is 0 Å². The van der Waals surface area contributed by atoms with Crippen LogP contribution >= 0.6 is 0 Å². The zero-order valence-corrected chi connectivity index (χ0v) is 16.1.